The molecule has 0 aliphatic carbocycles. The Morgan fingerprint density at radius 3 is 2.68 bits per heavy atom. The van der Waals surface area contributed by atoms with Gasteiger partial charge in [0.2, 0.25) is 0 Å². The Morgan fingerprint density at radius 2 is 2.09 bits per heavy atom. The second kappa shape index (κ2) is 5.89. The lowest BCUT2D eigenvalue weighted by molar-refractivity contribution is -0.383. The molecule has 0 bridgehead atoms. The summed E-state index contributed by atoms with van der Waals surface area (Å²) < 4.78 is 38.0. The smallest absolute Gasteiger partial charge is 0.315 e. The van der Waals surface area contributed by atoms with E-state index in [1.165, 1.54) is 6.07 Å². The van der Waals surface area contributed by atoms with Crippen LogP contribution in [-0.4, -0.2) is 15.8 Å². The predicted octanol–water partition coefficient (Wildman–Crippen LogP) is 3.98. The third-order valence-corrected chi connectivity index (χ3v) is 3.51. The zero-order valence-electron chi connectivity index (χ0n) is 10.3. The number of nitrogens with zero attached hydrogens (tertiary/aromatic N) is 2. The summed E-state index contributed by atoms with van der Waals surface area (Å²) >= 11 is 6.09. The fourth-order valence-electron chi connectivity index (χ4n) is 1.55. The van der Waals surface area contributed by atoms with Crippen molar-refractivity contribution in [1.82, 2.24) is 4.98 Å². The zero-order chi connectivity index (χ0) is 16.5. The van der Waals surface area contributed by atoms with E-state index in [4.69, 9.17) is 11.6 Å². The van der Waals surface area contributed by atoms with E-state index in [0.29, 0.717) is 11.3 Å². The number of aromatic nitrogens is 1. The van der Waals surface area contributed by atoms with E-state index < -0.39 is 33.3 Å². The highest BCUT2D eigenvalue weighted by molar-refractivity contribution is 7.12. The van der Waals surface area contributed by atoms with E-state index in [0.717, 1.165) is 17.6 Å². The van der Waals surface area contributed by atoms with Crippen LogP contribution >= 0.6 is 22.9 Å². The summed E-state index contributed by atoms with van der Waals surface area (Å²) in [5.41, 5.74) is -1.26. The van der Waals surface area contributed by atoms with Crippen LogP contribution in [0, 0.1) is 10.1 Å². The first-order valence-electron chi connectivity index (χ1n) is 5.46. The summed E-state index contributed by atoms with van der Waals surface area (Å²) in [6, 6.07) is 3.38. The summed E-state index contributed by atoms with van der Waals surface area (Å²) in [6.07, 6.45) is -4.79. The Bertz CT molecular complexity index is 748. The second-order valence-corrected chi connectivity index (χ2v) is 5.19. The fourth-order valence-corrected chi connectivity index (χ4v) is 2.42. The molecule has 11 heteroatoms. The molecule has 1 amide bonds. The molecule has 0 aliphatic rings. The SMILES string of the molecule is O=C(Nc1ccc(Cl)cc1[N+](=O)[O-])c1scnc1C(F)(F)F. The van der Waals surface area contributed by atoms with Crippen LogP contribution in [0.2, 0.25) is 5.02 Å². The molecule has 116 valence electrons. The first-order valence-corrected chi connectivity index (χ1v) is 6.72. The van der Waals surface area contributed by atoms with Gasteiger partial charge in [-0.05, 0) is 12.1 Å². The van der Waals surface area contributed by atoms with Gasteiger partial charge in [0.15, 0.2) is 5.69 Å². The number of carbonyl (C=O) groups is 1. The van der Waals surface area contributed by atoms with E-state index in [-0.39, 0.29) is 10.7 Å². The highest BCUT2D eigenvalue weighted by atomic mass is 35.5. The van der Waals surface area contributed by atoms with Gasteiger partial charge in [-0.1, -0.05) is 11.6 Å². The maximum atomic E-state index is 12.7. The third-order valence-electron chi connectivity index (χ3n) is 2.45. The highest BCUT2D eigenvalue weighted by Crippen LogP contribution is 2.34. The number of carbonyl (C=O) groups excluding carboxylic acids is 1. The molecule has 1 N–H and O–H groups in total. The second-order valence-electron chi connectivity index (χ2n) is 3.90. The number of nitro groups is 1. The van der Waals surface area contributed by atoms with Gasteiger partial charge in [-0.25, -0.2) is 4.98 Å². The zero-order valence-corrected chi connectivity index (χ0v) is 11.9. The van der Waals surface area contributed by atoms with Crippen LogP contribution in [0.1, 0.15) is 15.4 Å². The lowest BCUT2D eigenvalue weighted by Gasteiger charge is -2.08. The van der Waals surface area contributed by atoms with Gasteiger partial charge in [-0.15, -0.1) is 11.3 Å². The maximum Gasteiger partial charge on any atom is 0.434 e. The van der Waals surface area contributed by atoms with Gasteiger partial charge in [0.25, 0.3) is 11.6 Å². The molecule has 0 saturated carbocycles. The molecule has 0 unspecified atom stereocenters. The molecule has 6 nitrogen and oxygen atoms in total. The number of rotatable bonds is 3. The summed E-state index contributed by atoms with van der Waals surface area (Å²) in [6.45, 7) is 0. The summed E-state index contributed by atoms with van der Waals surface area (Å²) in [5.74, 6) is -1.14. The molecule has 0 aliphatic heterocycles. The highest BCUT2D eigenvalue weighted by Gasteiger charge is 2.38. The predicted molar refractivity (Wildman–Crippen MR) is 73.2 cm³/mol. The van der Waals surface area contributed by atoms with Gasteiger partial charge in [0.1, 0.15) is 10.6 Å². The van der Waals surface area contributed by atoms with E-state index in [1.54, 1.807) is 0 Å². The molecule has 2 aromatic rings. The van der Waals surface area contributed by atoms with Crippen LogP contribution in [0.5, 0.6) is 0 Å². The van der Waals surface area contributed by atoms with Gasteiger partial charge in [-0.3, -0.25) is 14.9 Å². The molecular formula is C11H5ClF3N3O3S. The van der Waals surface area contributed by atoms with Crippen LogP contribution in [0.3, 0.4) is 0 Å². The number of hydrogen-bond donors (Lipinski definition) is 1. The van der Waals surface area contributed by atoms with E-state index >= 15 is 0 Å². The van der Waals surface area contributed by atoms with Crippen molar-refractivity contribution in [3.05, 3.63) is 49.4 Å². The molecule has 0 radical (unpaired) electrons. The normalized spacial score (nSPS) is 11.3. The number of anilines is 1. The minimum atomic E-state index is -4.79. The summed E-state index contributed by atoms with van der Waals surface area (Å²) in [4.78, 5) is 24.4. The molecule has 1 heterocycles. The molecule has 1 aromatic carbocycles. The maximum absolute atomic E-state index is 12.7. The number of nitro benzene ring substituents is 1. The minimum Gasteiger partial charge on any atom is -0.315 e. The van der Waals surface area contributed by atoms with Crippen molar-refractivity contribution in [3.8, 4) is 0 Å². The first-order chi connectivity index (χ1) is 10.2. The Balaban J connectivity index is 2.35. The van der Waals surface area contributed by atoms with Crippen LogP contribution in [0.4, 0.5) is 24.5 Å². The molecule has 0 saturated heterocycles. The van der Waals surface area contributed by atoms with Crippen molar-refractivity contribution in [2.75, 3.05) is 5.32 Å². The van der Waals surface area contributed by atoms with Crippen LogP contribution < -0.4 is 5.32 Å². The van der Waals surface area contributed by atoms with Crippen molar-refractivity contribution in [2.24, 2.45) is 0 Å². The number of halogens is 4. The molecule has 22 heavy (non-hydrogen) atoms. The molecule has 0 atom stereocenters. The van der Waals surface area contributed by atoms with E-state index in [9.17, 15) is 28.1 Å². The number of benzene rings is 1. The monoisotopic (exact) mass is 351 g/mol. The lowest BCUT2D eigenvalue weighted by atomic mass is 10.2. The summed E-state index contributed by atoms with van der Waals surface area (Å²) in [5, 5.41) is 13.0. The summed E-state index contributed by atoms with van der Waals surface area (Å²) in [7, 11) is 0. The largest absolute Gasteiger partial charge is 0.434 e. The average Bonchev–Trinajstić information content (AvgIpc) is 2.89. The quantitative estimate of drug-likeness (QED) is 0.669. The van der Waals surface area contributed by atoms with E-state index in [2.05, 4.69) is 10.3 Å². The first kappa shape index (κ1) is 16.2. The molecule has 1 aromatic heterocycles. The van der Waals surface area contributed by atoms with Crippen LogP contribution in [-0.2, 0) is 6.18 Å². The van der Waals surface area contributed by atoms with Gasteiger partial charge in [0, 0.05) is 11.1 Å². The van der Waals surface area contributed by atoms with Crippen molar-refractivity contribution < 1.29 is 22.9 Å². The van der Waals surface area contributed by atoms with Crippen LogP contribution in [0.25, 0.3) is 0 Å². The Morgan fingerprint density at radius 1 is 1.41 bits per heavy atom. The number of alkyl halides is 3. The number of thiazole rings is 1. The fraction of sp³-hybridized carbons (Fsp3) is 0.0909. The van der Waals surface area contributed by atoms with Crippen LogP contribution in [0.15, 0.2) is 23.7 Å². The van der Waals surface area contributed by atoms with Crippen molar-refractivity contribution in [3.63, 3.8) is 0 Å². The van der Waals surface area contributed by atoms with Crippen molar-refractivity contribution in [2.45, 2.75) is 6.18 Å². The Kier molecular flexibility index (Phi) is 4.33. The topological polar surface area (TPSA) is 85.1 Å². The van der Waals surface area contributed by atoms with Gasteiger partial charge >= 0.3 is 6.18 Å². The number of nitrogens with one attached hydrogen (secondary N) is 1. The van der Waals surface area contributed by atoms with Gasteiger partial charge < -0.3 is 5.32 Å². The van der Waals surface area contributed by atoms with Crippen molar-refractivity contribution in [1.29, 1.82) is 0 Å². The van der Waals surface area contributed by atoms with Gasteiger partial charge in [-0.2, -0.15) is 13.2 Å². The third kappa shape index (κ3) is 3.34. The Hall–Kier alpha value is -2.20. The number of amides is 1. The minimum absolute atomic E-state index is 0.0541. The molecule has 0 fully saturated rings. The average molecular weight is 352 g/mol. The molecule has 0 spiro atoms. The molecule has 2 rings (SSSR count). The molecular weight excluding hydrogens is 347 g/mol. The van der Waals surface area contributed by atoms with Crippen molar-refractivity contribution >= 4 is 40.2 Å². The standard InChI is InChI=1S/C11H5ClF3N3O3S/c12-5-1-2-6(7(3-5)18(20)21)17-10(19)8-9(11(13,14)15)16-4-22-8/h1-4H,(H,17,19). The Labute approximate surface area is 129 Å². The lowest BCUT2D eigenvalue weighted by Crippen LogP contribution is -2.17. The number of hydrogen-bond acceptors (Lipinski definition) is 5. The van der Waals surface area contributed by atoms with E-state index in [1.807, 2.05) is 0 Å². The van der Waals surface area contributed by atoms with Gasteiger partial charge in [0.05, 0.1) is 10.4 Å².